The van der Waals surface area contributed by atoms with Crippen LogP contribution in [0.3, 0.4) is 0 Å². The molecule has 0 radical (unpaired) electrons. The van der Waals surface area contributed by atoms with Crippen LogP contribution in [-0.2, 0) is 4.79 Å². The Kier molecular flexibility index (Phi) is 5.71. The van der Waals surface area contributed by atoms with Crippen molar-refractivity contribution in [3.63, 3.8) is 0 Å². The van der Waals surface area contributed by atoms with E-state index in [4.69, 9.17) is 15.3 Å². The average molecular weight is 144 g/mol. The zero-order valence-corrected chi connectivity index (χ0v) is 7.46. The maximum atomic E-state index is 9.84. The van der Waals surface area contributed by atoms with Crippen molar-refractivity contribution in [2.45, 2.75) is 12.5 Å². The number of carbonyl (C=O) groups is 1. The molecule has 0 aromatic rings. The van der Waals surface area contributed by atoms with Gasteiger partial charge in [-0.15, -0.1) is 0 Å². The van der Waals surface area contributed by atoms with Gasteiger partial charge in [0.2, 0.25) is 0 Å². The number of aliphatic hydroxyl groups is 2. The van der Waals surface area contributed by atoms with E-state index in [-0.39, 0.29) is 31.0 Å². The molecule has 0 aliphatic heterocycles. The second-order valence-electron chi connectivity index (χ2n) is 1.74. The standard InChI is InChI=1S/C4H8O4.Na.H/c1-4(8,2-5)3(6)7;;/h5,8H,2H2,1H3,(H,6,7);;/q;+1;-1/t4-;;/m1../s1. The van der Waals surface area contributed by atoms with Crippen molar-refractivity contribution in [2.24, 2.45) is 0 Å². The zero-order chi connectivity index (χ0) is 6.78. The molecule has 9 heavy (non-hydrogen) atoms. The average Bonchev–Trinajstić information content (AvgIpc) is 1.67. The number of carboxylic acids is 1. The van der Waals surface area contributed by atoms with Crippen LogP contribution in [0.5, 0.6) is 0 Å². The van der Waals surface area contributed by atoms with Gasteiger partial charge in [0.15, 0.2) is 5.60 Å². The van der Waals surface area contributed by atoms with E-state index in [1.54, 1.807) is 0 Å². The SMILES string of the molecule is C[C@@](O)(CO)C(=O)O.[H-].[Na+]. The van der Waals surface area contributed by atoms with Crippen LogP contribution in [0.4, 0.5) is 0 Å². The van der Waals surface area contributed by atoms with Crippen molar-refractivity contribution in [1.29, 1.82) is 0 Å². The van der Waals surface area contributed by atoms with E-state index in [2.05, 4.69) is 0 Å². The molecule has 0 aliphatic rings. The Hall–Kier alpha value is 0.390. The zero-order valence-electron chi connectivity index (χ0n) is 6.46. The normalized spacial score (nSPS) is 15.4. The summed E-state index contributed by atoms with van der Waals surface area (Å²) < 4.78 is 0. The molecule has 0 unspecified atom stereocenters. The van der Waals surface area contributed by atoms with E-state index < -0.39 is 18.2 Å². The minimum absolute atomic E-state index is 0. The van der Waals surface area contributed by atoms with Crippen molar-refractivity contribution >= 4 is 5.97 Å². The van der Waals surface area contributed by atoms with Crippen molar-refractivity contribution < 1.29 is 51.1 Å². The van der Waals surface area contributed by atoms with Crippen molar-refractivity contribution in [2.75, 3.05) is 6.61 Å². The molecule has 0 heterocycles. The van der Waals surface area contributed by atoms with Gasteiger partial charge in [0.25, 0.3) is 0 Å². The van der Waals surface area contributed by atoms with E-state index in [9.17, 15) is 4.79 Å². The molecule has 0 amide bonds. The third-order valence-corrected chi connectivity index (χ3v) is 0.769. The molecule has 50 valence electrons. The van der Waals surface area contributed by atoms with Gasteiger partial charge in [-0.05, 0) is 6.92 Å². The summed E-state index contributed by atoms with van der Waals surface area (Å²) in [5.74, 6) is -1.42. The van der Waals surface area contributed by atoms with Gasteiger partial charge in [0, 0.05) is 0 Å². The molecule has 0 saturated carbocycles. The van der Waals surface area contributed by atoms with E-state index in [0.29, 0.717) is 0 Å². The molecular weight excluding hydrogens is 135 g/mol. The molecule has 0 aliphatic carbocycles. The van der Waals surface area contributed by atoms with Crippen LogP contribution >= 0.6 is 0 Å². The summed E-state index contributed by atoms with van der Waals surface area (Å²) in [5.41, 5.74) is -1.99. The first kappa shape index (κ1) is 12.1. The number of carboxylic acid groups (broad SMARTS) is 1. The number of aliphatic carboxylic acids is 1. The van der Waals surface area contributed by atoms with Crippen LogP contribution in [0.25, 0.3) is 0 Å². The van der Waals surface area contributed by atoms with E-state index in [1.165, 1.54) is 0 Å². The van der Waals surface area contributed by atoms with Gasteiger partial charge in [-0.25, -0.2) is 4.79 Å². The number of hydrogen-bond donors (Lipinski definition) is 3. The van der Waals surface area contributed by atoms with Gasteiger partial charge in [0.1, 0.15) is 0 Å². The van der Waals surface area contributed by atoms with Crippen LogP contribution in [-0.4, -0.2) is 33.5 Å². The number of hydrogen-bond acceptors (Lipinski definition) is 3. The van der Waals surface area contributed by atoms with Crippen LogP contribution in [0.1, 0.15) is 8.35 Å². The van der Waals surface area contributed by atoms with Gasteiger partial charge >= 0.3 is 35.5 Å². The Morgan fingerprint density at radius 3 is 2.11 bits per heavy atom. The first-order valence-electron chi connectivity index (χ1n) is 2.07. The summed E-state index contributed by atoms with van der Waals surface area (Å²) in [5, 5.41) is 24.7. The Labute approximate surface area is 76.3 Å². The van der Waals surface area contributed by atoms with Crippen molar-refractivity contribution in [3.8, 4) is 0 Å². The monoisotopic (exact) mass is 144 g/mol. The van der Waals surface area contributed by atoms with Crippen LogP contribution in [0, 0.1) is 0 Å². The maximum Gasteiger partial charge on any atom is 1.00 e. The second kappa shape index (κ2) is 4.24. The van der Waals surface area contributed by atoms with Crippen molar-refractivity contribution in [3.05, 3.63) is 0 Å². The summed E-state index contributed by atoms with van der Waals surface area (Å²) in [7, 11) is 0. The van der Waals surface area contributed by atoms with Gasteiger partial charge in [-0.1, -0.05) is 0 Å². The smallest absolute Gasteiger partial charge is 1.00 e. The Morgan fingerprint density at radius 1 is 1.78 bits per heavy atom. The van der Waals surface area contributed by atoms with Gasteiger partial charge in [-0.3, -0.25) is 0 Å². The van der Waals surface area contributed by atoms with Crippen molar-refractivity contribution in [1.82, 2.24) is 0 Å². The van der Waals surface area contributed by atoms with E-state index >= 15 is 0 Å². The van der Waals surface area contributed by atoms with E-state index in [0.717, 1.165) is 6.92 Å². The molecule has 3 N–H and O–H groups in total. The Balaban J connectivity index is -0.000000245. The van der Waals surface area contributed by atoms with Gasteiger partial charge in [-0.2, -0.15) is 0 Å². The van der Waals surface area contributed by atoms with Crippen LogP contribution in [0.15, 0.2) is 0 Å². The minimum atomic E-state index is -1.99. The fraction of sp³-hybridized carbons (Fsp3) is 0.750. The summed E-state index contributed by atoms with van der Waals surface area (Å²) in [6.07, 6.45) is 0. The summed E-state index contributed by atoms with van der Waals surface area (Å²) >= 11 is 0. The summed E-state index contributed by atoms with van der Waals surface area (Å²) in [6.45, 7) is 0.262. The summed E-state index contributed by atoms with van der Waals surface area (Å²) in [4.78, 5) is 9.84. The Bertz CT molecular complexity index is 105. The molecule has 0 spiro atoms. The molecule has 5 heteroatoms. The maximum absolute atomic E-state index is 9.84. The predicted octanol–water partition coefficient (Wildman–Crippen LogP) is -4.07. The molecule has 0 fully saturated rings. The topological polar surface area (TPSA) is 77.8 Å². The van der Waals surface area contributed by atoms with Crippen LogP contribution < -0.4 is 29.6 Å². The van der Waals surface area contributed by atoms with Gasteiger partial charge in [0.05, 0.1) is 6.61 Å². The van der Waals surface area contributed by atoms with E-state index in [1.807, 2.05) is 0 Å². The molecule has 1 atom stereocenters. The summed E-state index contributed by atoms with van der Waals surface area (Å²) in [6, 6.07) is 0. The number of aliphatic hydroxyl groups excluding tert-OH is 1. The predicted molar refractivity (Wildman–Crippen MR) is 26.5 cm³/mol. The number of rotatable bonds is 2. The molecule has 0 aromatic heterocycles. The fourth-order valence-corrected chi connectivity index (χ4v) is 0.0676. The fourth-order valence-electron chi connectivity index (χ4n) is 0.0676. The molecular formula is C4H9NaO4. The molecule has 0 aromatic carbocycles. The molecule has 0 saturated heterocycles. The molecule has 0 bridgehead atoms. The Morgan fingerprint density at radius 2 is 2.11 bits per heavy atom. The second-order valence-corrected chi connectivity index (χ2v) is 1.74. The van der Waals surface area contributed by atoms with Crippen LogP contribution in [0.2, 0.25) is 0 Å². The third kappa shape index (κ3) is 3.89. The quantitative estimate of drug-likeness (QED) is 0.344. The molecule has 4 nitrogen and oxygen atoms in total. The first-order chi connectivity index (χ1) is 3.50. The van der Waals surface area contributed by atoms with Gasteiger partial charge < -0.3 is 16.7 Å². The third-order valence-electron chi connectivity index (χ3n) is 0.769. The first-order valence-corrected chi connectivity index (χ1v) is 2.07. The minimum Gasteiger partial charge on any atom is -1.00 e. The largest absolute Gasteiger partial charge is 1.00 e. The molecule has 0 rings (SSSR count).